The Bertz CT molecular complexity index is 441. The van der Waals surface area contributed by atoms with E-state index in [1.54, 1.807) is 0 Å². The second kappa shape index (κ2) is 4.52. The number of hydrogen-bond acceptors (Lipinski definition) is 5. The highest BCUT2D eigenvalue weighted by Crippen LogP contribution is 2.26. The molecule has 6 nitrogen and oxygen atoms in total. The van der Waals surface area contributed by atoms with Gasteiger partial charge in [-0.1, -0.05) is 0 Å². The number of ether oxygens (including phenoxy) is 2. The molecule has 0 spiro atoms. The third kappa shape index (κ3) is 2.05. The van der Waals surface area contributed by atoms with Crippen LogP contribution in [-0.4, -0.2) is 31.3 Å². The van der Waals surface area contributed by atoms with Gasteiger partial charge in [0, 0.05) is 5.69 Å². The zero-order valence-corrected chi connectivity index (χ0v) is 8.81. The molecule has 0 saturated carbocycles. The molecule has 1 rings (SSSR count). The highest BCUT2D eigenvalue weighted by Gasteiger charge is 2.18. The summed E-state index contributed by atoms with van der Waals surface area (Å²) in [7, 11) is 2.53. The summed E-state index contributed by atoms with van der Waals surface area (Å²) in [6, 6.07) is 2.40. The summed E-state index contributed by atoms with van der Waals surface area (Å²) >= 11 is 0. The highest BCUT2D eigenvalue weighted by molar-refractivity contribution is 5.99. The number of aromatic carboxylic acids is 1. The van der Waals surface area contributed by atoms with Crippen molar-refractivity contribution < 1.29 is 24.2 Å². The van der Waals surface area contributed by atoms with Crippen molar-refractivity contribution in [1.82, 2.24) is 0 Å². The molecule has 1 aromatic carbocycles. The topological polar surface area (TPSA) is 98.9 Å². The van der Waals surface area contributed by atoms with Crippen molar-refractivity contribution in [3.63, 3.8) is 0 Å². The van der Waals surface area contributed by atoms with E-state index in [2.05, 4.69) is 4.74 Å². The number of hydrogen-bond donors (Lipinski definition) is 2. The van der Waals surface area contributed by atoms with Gasteiger partial charge in [-0.25, -0.2) is 9.59 Å². The maximum atomic E-state index is 11.3. The fraction of sp³-hybridized carbons (Fsp3) is 0.200. The molecule has 3 N–H and O–H groups in total. The fourth-order valence-corrected chi connectivity index (χ4v) is 1.22. The molecule has 0 saturated heterocycles. The fourth-order valence-electron chi connectivity index (χ4n) is 1.22. The maximum Gasteiger partial charge on any atom is 0.341 e. The summed E-state index contributed by atoms with van der Waals surface area (Å²) in [5, 5.41) is 8.82. The van der Waals surface area contributed by atoms with Crippen LogP contribution in [-0.2, 0) is 4.74 Å². The molecule has 0 unspecified atom stereocenters. The average Bonchev–Trinajstić information content (AvgIpc) is 2.27. The minimum atomic E-state index is -1.19. The molecule has 0 aliphatic rings. The molecule has 0 fully saturated rings. The minimum Gasteiger partial charge on any atom is -0.496 e. The first-order valence-electron chi connectivity index (χ1n) is 4.30. The normalized spacial score (nSPS) is 9.62. The van der Waals surface area contributed by atoms with Gasteiger partial charge in [-0.15, -0.1) is 0 Å². The van der Waals surface area contributed by atoms with E-state index in [0.717, 1.165) is 0 Å². The van der Waals surface area contributed by atoms with E-state index in [9.17, 15) is 9.59 Å². The van der Waals surface area contributed by atoms with Crippen LogP contribution < -0.4 is 10.5 Å². The van der Waals surface area contributed by atoms with Crippen molar-refractivity contribution in [3.8, 4) is 5.75 Å². The maximum absolute atomic E-state index is 11.3. The van der Waals surface area contributed by atoms with Crippen LogP contribution in [0.3, 0.4) is 0 Å². The highest BCUT2D eigenvalue weighted by atomic mass is 16.5. The first-order chi connectivity index (χ1) is 7.51. The first kappa shape index (κ1) is 11.8. The predicted octanol–water partition coefficient (Wildman–Crippen LogP) is 0.762. The molecule has 86 valence electrons. The van der Waals surface area contributed by atoms with E-state index < -0.39 is 11.9 Å². The second-order valence-corrected chi connectivity index (χ2v) is 2.94. The quantitative estimate of drug-likeness (QED) is 0.582. The number of carbonyl (C=O) groups excluding carboxylic acids is 1. The van der Waals surface area contributed by atoms with Gasteiger partial charge in [0.1, 0.15) is 11.3 Å². The van der Waals surface area contributed by atoms with Crippen LogP contribution in [0, 0.1) is 0 Å². The SMILES string of the molecule is COC(=O)c1cc(N)c(C(=O)O)cc1OC. The molecule has 0 aliphatic heterocycles. The van der Waals surface area contributed by atoms with Crippen LogP contribution in [0.1, 0.15) is 20.7 Å². The van der Waals surface area contributed by atoms with Gasteiger partial charge < -0.3 is 20.3 Å². The van der Waals surface area contributed by atoms with Gasteiger partial charge in [0.25, 0.3) is 0 Å². The van der Waals surface area contributed by atoms with Crippen LogP contribution in [0.2, 0.25) is 0 Å². The van der Waals surface area contributed by atoms with Gasteiger partial charge in [-0.3, -0.25) is 0 Å². The zero-order chi connectivity index (χ0) is 12.3. The number of anilines is 1. The number of benzene rings is 1. The Morgan fingerprint density at radius 1 is 1.25 bits per heavy atom. The predicted molar refractivity (Wildman–Crippen MR) is 55.7 cm³/mol. The molecule has 6 heteroatoms. The Hall–Kier alpha value is -2.24. The lowest BCUT2D eigenvalue weighted by Gasteiger charge is -2.09. The van der Waals surface area contributed by atoms with Crippen LogP contribution in [0.25, 0.3) is 0 Å². The smallest absolute Gasteiger partial charge is 0.341 e. The van der Waals surface area contributed by atoms with E-state index >= 15 is 0 Å². The van der Waals surface area contributed by atoms with Crippen LogP contribution in [0.5, 0.6) is 5.75 Å². The van der Waals surface area contributed by atoms with E-state index in [0.29, 0.717) is 0 Å². The second-order valence-electron chi connectivity index (χ2n) is 2.94. The summed E-state index contributed by atoms with van der Waals surface area (Å²) in [6.07, 6.45) is 0. The van der Waals surface area contributed by atoms with Crippen molar-refractivity contribution >= 4 is 17.6 Å². The molecule has 0 amide bonds. The van der Waals surface area contributed by atoms with Crippen LogP contribution in [0.4, 0.5) is 5.69 Å². The van der Waals surface area contributed by atoms with Crippen molar-refractivity contribution in [2.45, 2.75) is 0 Å². The molecule has 1 aromatic rings. The summed E-state index contributed by atoms with van der Waals surface area (Å²) in [4.78, 5) is 22.1. The van der Waals surface area contributed by atoms with Gasteiger partial charge in [-0.05, 0) is 12.1 Å². The molecular weight excluding hydrogens is 214 g/mol. The third-order valence-corrected chi connectivity index (χ3v) is 2.01. The number of carboxylic acids is 1. The molecule has 0 atom stereocenters. The Balaban J connectivity index is 3.37. The number of esters is 1. The molecule has 16 heavy (non-hydrogen) atoms. The molecular formula is C10H11NO5. The number of methoxy groups -OCH3 is 2. The van der Waals surface area contributed by atoms with Crippen molar-refractivity contribution in [3.05, 3.63) is 23.3 Å². The van der Waals surface area contributed by atoms with Gasteiger partial charge in [0.05, 0.1) is 19.8 Å². The van der Waals surface area contributed by atoms with E-state index in [1.807, 2.05) is 0 Å². The van der Waals surface area contributed by atoms with Crippen molar-refractivity contribution in [1.29, 1.82) is 0 Å². The van der Waals surface area contributed by atoms with E-state index in [4.69, 9.17) is 15.6 Å². The monoisotopic (exact) mass is 225 g/mol. The Morgan fingerprint density at radius 3 is 2.31 bits per heavy atom. The standard InChI is InChI=1S/C10H11NO5/c1-15-8-4-5(9(12)13)7(11)3-6(8)10(14)16-2/h3-4H,11H2,1-2H3,(H,12,13). The molecule has 0 aromatic heterocycles. The average molecular weight is 225 g/mol. The Labute approximate surface area is 91.6 Å². The number of carbonyl (C=O) groups is 2. The molecule has 0 aliphatic carbocycles. The minimum absolute atomic E-state index is 0.0197. The molecule has 0 heterocycles. The Morgan fingerprint density at radius 2 is 1.88 bits per heavy atom. The Kier molecular flexibility index (Phi) is 3.34. The van der Waals surface area contributed by atoms with Crippen LogP contribution in [0.15, 0.2) is 12.1 Å². The van der Waals surface area contributed by atoms with Gasteiger partial charge in [0.2, 0.25) is 0 Å². The first-order valence-corrected chi connectivity index (χ1v) is 4.30. The van der Waals surface area contributed by atoms with E-state index in [1.165, 1.54) is 26.4 Å². The lowest BCUT2D eigenvalue weighted by atomic mass is 10.1. The number of nitrogens with two attached hydrogens (primary N) is 1. The van der Waals surface area contributed by atoms with E-state index in [-0.39, 0.29) is 22.6 Å². The van der Waals surface area contributed by atoms with Crippen LogP contribution >= 0.6 is 0 Å². The largest absolute Gasteiger partial charge is 0.496 e. The molecule has 0 radical (unpaired) electrons. The molecule has 0 bridgehead atoms. The van der Waals surface area contributed by atoms with Gasteiger partial charge >= 0.3 is 11.9 Å². The summed E-state index contributed by atoms with van der Waals surface area (Å²) < 4.78 is 9.41. The number of rotatable bonds is 3. The van der Waals surface area contributed by atoms with Gasteiger partial charge in [0.15, 0.2) is 0 Å². The number of nitrogen functional groups attached to an aromatic ring is 1. The lowest BCUT2D eigenvalue weighted by molar-refractivity contribution is 0.0595. The third-order valence-electron chi connectivity index (χ3n) is 2.01. The van der Waals surface area contributed by atoms with Gasteiger partial charge in [-0.2, -0.15) is 0 Å². The summed E-state index contributed by atoms with van der Waals surface area (Å²) in [6.45, 7) is 0. The lowest BCUT2D eigenvalue weighted by Crippen LogP contribution is -2.09. The summed E-state index contributed by atoms with van der Waals surface area (Å²) in [5.74, 6) is -1.72. The number of carboxylic acid groups (broad SMARTS) is 1. The summed E-state index contributed by atoms with van der Waals surface area (Å²) in [5.41, 5.74) is 5.44. The van der Waals surface area contributed by atoms with Crippen molar-refractivity contribution in [2.24, 2.45) is 0 Å². The van der Waals surface area contributed by atoms with Crippen molar-refractivity contribution in [2.75, 3.05) is 20.0 Å². The zero-order valence-electron chi connectivity index (χ0n) is 8.81.